The number of rotatable bonds is 5. The number of nitrogens with one attached hydrogen (secondary N) is 1. The van der Waals surface area contributed by atoms with Crippen molar-refractivity contribution in [3.8, 4) is 0 Å². The van der Waals surface area contributed by atoms with Gasteiger partial charge in [-0.25, -0.2) is 8.42 Å². The van der Waals surface area contributed by atoms with E-state index in [0.717, 1.165) is 11.3 Å². The summed E-state index contributed by atoms with van der Waals surface area (Å²) in [4.78, 5) is 22.7. The van der Waals surface area contributed by atoms with Crippen LogP contribution in [0.2, 0.25) is 4.34 Å². The van der Waals surface area contributed by atoms with Crippen molar-refractivity contribution in [1.29, 1.82) is 0 Å². The van der Waals surface area contributed by atoms with Crippen molar-refractivity contribution >= 4 is 50.2 Å². The highest BCUT2D eigenvalue weighted by Crippen LogP contribution is 2.32. The van der Waals surface area contributed by atoms with Gasteiger partial charge in [-0.3, -0.25) is 14.9 Å². The molecular formula is C15H14ClN3O5S2. The number of sulfonamides is 1. The number of carbonyl (C=O) groups is 1. The van der Waals surface area contributed by atoms with Crippen molar-refractivity contribution in [3.63, 3.8) is 0 Å². The number of halogens is 1. The van der Waals surface area contributed by atoms with E-state index < -0.39 is 26.9 Å². The van der Waals surface area contributed by atoms with Gasteiger partial charge >= 0.3 is 0 Å². The number of nitro benzene ring substituents is 1. The number of thiophene rings is 1. The average Bonchev–Trinajstić information content (AvgIpc) is 3.24. The Balaban J connectivity index is 1.77. The molecule has 26 heavy (non-hydrogen) atoms. The molecular weight excluding hydrogens is 402 g/mol. The number of benzene rings is 1. The minimum Gasteiger partial charge on any atom is -0.325 e. The molecule has 1 unspecified atom stereocenters. The number of carbonyl (C=O) groups excluding carboxylic acids is 1. The number of hydrogen-bond acceptors (Lipinski definition) is 6. The van der Waals surface area contributed by atoms with Gasteiger partial charge in [-0.1, -0.05) is 11.6 Å². The molecule has 1 N–H and O–H groups in total. The zero-order valence-corrected chi connectivity index (χ0v) is 15.7. The van der Waals surface area contributed by atoms with E-state index in [1.165, 1.54) is 40.7 Å². The number of anilines is 1. The van der Waals surface area contributed by atoms with Crippen molar-refractivity contribution in [3.05, 3.63) is 50.8 Å². The van der Waals surface area contributed by atoms with Gasteiger partial charge in [0.05, 0.1) is 9.26 Å². The van der Waals surface area contributed by atoms with E-state index in [4.69, 9.17) is 11.6 Å². The molecule has 1 fully saturated rings. The van der Waals surface area contributed by atoms with Gasteiger partial charge in [0.15, 0.2) is 0 Å². The van der Waals surface area contributed by atoms with E-state index in [2.05, 4.69) is 5.32 Å². The Kier molecular flexibility index (Phi) is 5.28. The Morgan fingerprint density at radius 2 is 1.96 bits per heavy atom. The first kappa shape index (κ1) is 18.8. The molecule has 0 saturated carbocycles. The van der Waals surface area contributed by atoms with Crippen LogP contribution in [0.1, 0.15) is 12.8 Å². The van der Waals surface area contributed by atoms with E-state index in [0.29, 0.717) is 22.9 Å². The first-order valence-electron chi connectivity index (χ1n) is 7.61. The van der Waals surface area contributed by atoms with Crippen LogP contribution >= 0.6 is 22.9 Å². The molecule has 1 aromatic carbocycles. The lowest BCUT2D eigenvalue weighted by Gasteiger charge is -2.22. The third-order valence-electron chi connectivity index (χ3n) is 3.96. The molecule has 11 heteroatoms. The monoisotopic (exact) mass is 415 g/mol. The van der Waals surface area contributed by atoms with Crippen LogP contribution < -0.4 is 5.32 Å². The molecule has 1 aliphatic heterocycles. The Labute approximate surface area is 158 Å². The smallest absolute Gasteiger partial charge is 0.269 e. The molecule has 3 rings (SSSR count). The second-order valence-corrected chi connectivity index (χ2v) is 9.46. The Hall–Kier alpha value is -2.01. The maximum absolute atomic E-state index is 12.8. The van der Waals surface area contributed by atoms with Gasteiger partial charge in [-0.05, 0) is 37.1 Å². The summed E-state index contributed by atoms with van der Waals surface area (Å²) in [5.41, 5.74) is 0.270. The maximum Gasteiger partial charge on any atom is 0.269 e. The molecule has 138 valence electrons. The lowest BCUT2D eigenvalue weighted by atomic mass is 10.2. The van der Waals surface area contributed by atoms with Crippen molar-refractivity contribution < 1.29 is 18.1 Å². The van der Waals surface area contributed by atoms with Gasteiger partial charge in [0.25, 0.3) is 15.7 Å². The number of nitrogens with zero attached hydrogens (tertiary/aromatic N) is 2. The van der Waals surface area contributed by atoms with Crippen LogP contribution in [0, 0.1) is 10.1 Å². The molecule has 1 saturated heterocycles. The Morgan fingerprint density at radius 1 is 1.27 bits per heavy atom. The Bertz CT molecular complexity index is 942. The second-order valence-electron chi connectivity index (χ2n) is 5.63. The fourth-order valence-electron chi connectivity index (χ4n) is 2.73. The van der Waals surface area contributed by atoms with Crippen molar-refractivity contribution in [1.82, 2.24) is 4.31 Å². The van der Waals surface area contributed by atoms with Crippen molar-refractivity contribution in [2.75, 3.05) is 11.9 Å². The zero-order chi connectivity index (χ0) is 18.9. The highest BCUT2D eigenvalue weighted by molar-refractivity contribution is 7.91. The van der Waals surface area contributed by atoms with Crippen LogP contribution in [0.5, 0.6) is 0 Å². The van der Waals surface area contributed by atoms with E-state index in [1.54, 1.807) is 0 Å². The molecule has 0 aliphatic carbocycles. The van der Waals surface area contributed by atoms with Gasteiger partial charge in [0.2, 0.25) is 5.91 Å². The average molecular weight is 416 g/mol. The molecule has 2 heterocycles. The van der Waals surface area contributed by atoms with Gasteiger partial charge in [0.1, 0.15) is 10.3 Å². The number of nitro groups is 1. The molecule has 1 aromatic heterocycles. The van der Waals surface area contributed by atoms with E-state index in [1.807, 2.05) is 0 Å². The molecule has 1 atom stereocenters. The molecule has 0 radical (unpaired) electrons. The molecule has 1 amide bonds. The third-order valence-corrected chi connectivity index (χ3v) is 7.57. The summed E-state index contributed by atoms with van der Waals surface area (Å²) in [5, 5.41) is 13.3. The first-order chi connectivity index (χ1) is 12.3. The molecule has 0 spiro atoms. The zero-order valence-electron chi connectivity index (χ0n) is 13.3. The molecule has 1 aliphatic rings. The van der Waals surface area contributed by atoms with E-state index >= 15 is 0 Å². The van der Waals surface area contributed by atoms with Gasteiger partial charge in [-0.2, -0.15) is 4.31 Å². The standard InChI is InChI=1S/C15H14ClN3O5S2/c16-13-7-8-14(25-13)26(23,24)18-9-1-2-12(18)15(20)17-10-3-5-11(6-4-10)19(21)22/h3-8,12H,1-2,9H2,(H,17,20). The third kappa shape index (κ3) is 3.73. The summed E-state index contributed by atoms with van der Waals surface area (Å²) >= 11 is 6.77. The van der Waals surface area contributed by atoms with Crippen LogP contribution in [-0.2, 0) is 14.8 Å². The topological polar surface area (TPSA) is 110 Å². The largest absolute Gasteiger partial charge is 0.325 e. The van der Waals surface area contributed by atoms with Crippen molar-refractivity contribution in [2.45, 2.75) is 23.1 Å². The highest BCUT2D eigenvalue weighted by atomic mass is 35.5. The number of amides is 1. The predicted molar refractivity (Wildman–Crippen MR) is 98.0 cm³/mol. The van der Waals surface area contributed by atoms with Crippen LogP contribution in [0.25, 0.3) is 0 Å². The normalized spacial score (nSPS) is 18.0. The lowest BCUT2D eigenvalue weighted by Crippen LogP contribution is -2.42. The predicted octanol–water partition coefficient (Wildman–Crippen LogP) is 3.10. The first-order valence-corrected chi connectivity index (χ1v) is 10.2. The van der Waals surface area contributed by atoms with Crippen molar-refractivity contribution in [2.24, 2.45) is 0 Å². The minimum atomic E-state index is -3.81. The summed E-state index contributed by atoms with van der Waals surface area (Å²) in [5.74, 6) is -0.470. The van der Waals surface area contributed by atoms with Gasteiger partial charge in [0, 0.05) is 24.4 Å². The second kappa shape index (κ2) is 7.31. The van der Waals surface area contributed by atoms with Crippen LogP contribution in [0.3, 0.4) is 0 Å². The number of hydrogen-bond donors (Lipinski definition) is 1. The van der Waals surface area contributed by atoms with Crippen LogP contribution in [-0.4, -0.2) is 36.1 Å². The van der Waals surface area contributed by atoms with Gasteiger partial charge < -0.3 is 5.32 Å². The number of non-ortho nitro benzene ring substituents is 1. The fraction of sp³-hybridized carbons (Fsp3) is 0.267. The highest BCUT2D eigenvalue weighted by Gasteiger charge is 2.40. The summed E-state index contributed by atoms with van der Waals surface area (Å²) < 4.78 is 27.1. The van der Waals surface area contributed by atoms with E-state index in [-0.39, 0.29) is 16.4 Å². The van der Waals surface area contributed by atoms with Crippen LogP contribution in [0.15, 0.2) is 40.6 Å². The summed E-state index contributed by atoms with van der Waals surface area (Å²) in [7, 11) is -3.81. The van der Waals surface area contributed by atoms with Gasteiger partial charge in [-0.15, -0.1) is 11.3 Å². The summed E-state index contributed by atoms with van der Waals surface area (Å²) in [6, 6.07) is 7.44. The Morgan fingerprint density at radius 3 is 2.54 bits per heavy atom. The van der Waals surface area contributed by atoms with Crippen LogP contribution in [0.4, 0.5) is 11.4 Å². The molecule has 0 bridgehead atoms. The lowest BCUT2D eigenvalue weighted by molar-refractivity contribution is -0.384. The van der Waals surface area contributed by atoms with E-state index in [9.17, 15) is 23.3 Å². The summed E-state index contributed by atoms with van der Waals surface area (Å²) in [6.07, 6.45) is 0.966. The SMILES string of the molecule is O=C(Nc1ccc([N+](=O)[O-])cc1)C1CCCN1S(=O)(=O)c1ccc(Cl)s1. The fourth-order valence-corrected chi connectivity index (χ4v) is 6.00. The quantitative estimate of drug-likeness (QED) is 0.596. The molecule has 2 aromatic rings. The maximum atomic E-state index is 12.8. The minimum absolute atomic E-state index is 0.0948. The molecule has 8 nitrogen and oxygen atoms in total. The summed E-state index contributed by atoms with van der Waals surface area (Å²) in [6.45, 7) is 0.246.